The third kappa shape index (κ3) is 4.51. The van der Waals surface area contributed by atoms with E-state index >= 15 is 0 Å². The Morgan fingerprint density at radius 2 is 2.00 bits per heavy atom. The molecular weight excluding hydrogens is 325 g/mol. The highest BCUT2D eigenvalue weighted by Gasteiger charge is 2.28. The van der Waals surface area contributed by atoms with Gasteiger partial charge in [-0.2, -0.15) is 0 Å². The summed E-state index contributed by atoms with van der Waals surface area (Å²) in [6.07, 6.45) is 2.76. The Hall–Kier alpha value is -1.53. The maximum absolute atomic E-state index is 13.1. The van der Waals surface area contributed by atoms with Crippen LogP contribution in [0.1, 0.15) is 32.3 Å². The van der Waals surface area contributed by atoms with Gasteiger partial charge in [0.05, 0.1) is 4.99 Å². The summed E-state index contributed by atoms with van der Waals surface area (Å²) in [5, 5.41) is 3.29. The highest BCUT2D eigenvalue weighted by atomic mass is 32.1. The lowest BCUT2D eigenvalue weighted by molar-refractivity contribution is -0.119. The van der Waals surface area contributed by atoms with E-state index in [0.29, 0.717) is 17.5 Å². The molecule has 1 aromatic rings. The zero-order chi connectivity index (χ0) is 17.7. The number of carbonyl (C=O) groups is 1. The molecule has 132 valence electrons. The lowest BCUT2D eigenvalue weighted by atomic mass is 9.84. The Morgan fingerprint density at radius 1 is 1.42 bits per heavy atom. The highest BCUT2D eigenvalue weighted by Crippen LogP contribution is 2.25. The summed E-state index contributed by atoms with van der Waals surface area (Å²) in [6, 6.07) is 6.43. The molecule has 0 bridgehead atoms. The summed E-state index contributed by atoms with van der Waals surface area (Å²) in [5.74, 6) is 0.141. The molecule has 0 spiro atoms. The number of thiocarbonyl (C=S) groups is 1. The number of nitrogens with two attached hydrogens (primary N) is 1. The van der Waals surface area contributed by atoms with Crippen molar-refractivity contribution in [1.82, 2.24) is 10.2 Å². The molecule has 4 nitrogen and oxygen atoms in total. The first-order valence-corrected chi connectivity index (χ1v) is 8.74. The molecule has 1 atom stereocenters. The number of carbonyl (C=O) groups excluding carboxylic acids is 1. The summed E-state index contributed by atoms with van der Waals surface area (Å²) in [5.41, 5.74) is 6.89. The number of hydrogen-bond acceptors (Lipinski definition) is 3. The van der Waals surface area contributed by atoms with E-state index in [1.165, 1.54) is 12.1 Å². The molecule has 0 saturated carbocycles. The van der Waals surface area contributed by atoms with Crippen LogP contribution in [0.15, 0.2) is 24.3 Å². The van der Waals surface area contributed by atoms with E-state index in [1.807, 2.05) is 13.8 Å². The van der Waals surface area contributed by atoms with Gasteiger partial charge in [-0.25, -0.2) is 4.39 Å². The lowest BCUT2D eigenvalue weighted by Gasteiger charge is -2.34. The number of benzene rings is 1. The molecule has 0 aromatic heterocycles. The molecule has 3 N–H and O–H groups in total. The minimum atomic E-state index is -0.385. The van der Waals surface area contributed by atoms with Crippen LogP contribution in [-0.2, 0) is 10.2 Å². The van der Waals surface area contributed by atoms with Crippen molar-refractivity contribution in [3.63, 3.8) is 0 Å². The van der Waals surface area contributed by atoms with E-state index in [2.05, 4.69) is 5.32 Å². The van der Waals surface area contributed by atoms with Gasteiger partial charge in [-0.05, 0) is 50.3 Å². The van der Waals surface area contributed by atoms with Gasteiger partial charge in [0.1, 0.15) is 5.82 Å². The maximum atomic E-state index is 13.1. The zero-order valence-corrected chi connectivity index (χ0v) is 15.1. The van der Waals surface area contributed by atoms with Gasteiger partial charge in [0.15, 0.2) is 0 Å². The molecule has 6 heteroatoms. The topological polar surface area (TPSA) is 58.4 Å². The summed E-state index contributed by atoms with van der Waals surface area (Å²) < 4.78 is 13.1. The number of nitrogens with zero attached hydrogens (tertiary/aromatic N) is 1. The fourth-order valence-electron chi connectivity index (χ4n) is 3.05. The van der Waals surface area contributed by atoms with E-state index < -0.39 is 0 Å². The molecule has 1 amide bonds. The van der Waals surface area contributed by atoms with E-state index in [1.54, 1.807) is 17.0 Å². The van der Waals surface area contributed by atoms with Crippen molar-refractivity contribution in [3.8, 4) is 0 Å². The molecule has 1 heterocycles. The van der Waals surface area contributed by atoms with Gasteiger partial charge < -0.3 is 16.0 Å². The summed E-state index contributed by atoms with van der Waals surface area (Å²) in [7, 11) is 0. The Kier molecular flexibility index (Phi) is 6.29. The minimum absolute atomic E-state index is 0.000713. The van der Waals surface area contributed by atoms with Gasteiger partial charge in [-0.1, -0.05) is 24.4 Å². The molecule has 0 radical (unpaired) electrons. The summed E-state index contributed by atoms with van der Waals surface area (Å²) in [6.45, 7) is 6.18. The van der Waals surface area contributed by atoms with E-state index in [-0.39, 0.29) is 17.3 Å². The van der Waals surface area contributed by atoms with Crippen molar-refractivity contribution in [2.45, 2.75) is 38.1 Å². The average Bonchev–Trinajstić information content (AvgIpc) is 2.59. The number of halogens is 1. The quantitative estimate of drug-likeness (QED) is 0.609. The third-order valence-corrected chi connectivity index (χ3v) is 5.62. The van der Waals surface area contributed by atoms with Gasteiger partial charge >= 0.3 is 0 Å². The highest BCUT2D eigenvalue weighted by molar-refractivity contribution is 7.80. The normalized spacial score (nSPS) is 17.4. The van der Waals surface area contributed by atoms with Gasteiger partial charge in [-0.3, -0.25) is 4.79 Å². The van der Waals surface area contributed by atoms with E-state index in [0.717, 1.165) is 37.9 Å². The van der Waals surface area contributed by atoms with Crippen LogP contribution in [0.4, 0.5) is 4.39 Å². The first-order valence-electron chi connectivity index (χ1n) is 8.34. The zero-order valence-electron chi connectivity index (χ0n) is 14.3. The van der Waals surface area contributed by atoms with Crippen LogP contribution in [0.25, 0.3) is 0 Å². The van der Waals surface area contributed by atoms with Crippen molar-refractivity contribution >= 4 is 23.6 Å². The second-order valence-electron chi connectivity index (χ2n) is 6.98. The van der Waals surface area contributed by atoms with Crippen molar-refractivity contribution in [2.24, 2.45) is 11.7 Å². The maximum Gasteiger partial charge on any atom is 0.209 e. The molecule has 1 fully saturated rings. The van der Waals surface area contributed by atoms with Crippen LogP contribution in [0.2, 0.25) is 0 Å². The fourth-order valence-corrected chi connectivity index (χ4v) is 3.25. The van der Waals surface area contributed by atoms with Gasteiger partial charge in [0.25, 0.3) is 0 Å². The van der Waals surface area contributed by atoms with Crippen molar-refractivity contribution in [3.05, 3.63) is 35.6 Å². The molecule has 2 rings (SSSR count). The second kappa shape index (κ2) is 8.03. The number of nitrogens with one attached hydrogen (secondary N) is 1. The van der Waals surface area contributed by atoms with E-state index in [4.69, 9.17) is 18.0 Å². The molecule has 1 aliphatic rings. The summed E-state index contributed by atoms with van der Waals surface area (Å²) >= 11 is 5.55. The molecule has 24 heavy (non-hydrogen) atoms. The van der Waals surface area contributed by atoms with Crippen LogP contribution in [-0.4, -0.2) is 42.0 Å². The van der Waals surface area contributed by atoms with E-state index in [9.17, 15) is 9.18 Å². The smallest absolute Gasteiger partial charge is 0.209 e. The number of hydrogen-bond donors (Lipinski definition) is 2. The van der Waals surface area contributed by atoms with Crippen LogP contribution in [0.5, 0.6) is 0 Å². The molecule has 1 saturated heterocycles. The monoisotopic (exact) mass is 351 g/mol. The minimum Gasteiger partial charge on any atom is -0.377 e. The number of rotatable bonds is 6. The number of amides is 1. The second-order valence-corrected chi connectivity index (χ2v) is 7.39. The van der Waals surface area contributed by atoms with Crippen LogP contribution < -0.4 is 11.1 Å². The molecule has 1 aromatic carbocycles. The van der Waals surface area contributed by atoms with Gasteiger partial charge in [-0.15, -0.1) is 0 Å². The molecule has 0 aliphatic carbocycles. The predicted octanol–water partition coefficient (Wildman–Crippen LogP) is 2.22. The standard InChI is InChI=1S/C18H26FN3OS/c1-18(2,14-3-5-15(19)6-4-14)17(24)21-11-16(20)13-7-9-22(12-23)10-8-13/h3-6,12-13,16H,7-11,20H2,1-2H3,(H,21,24). The first-order chi connectivity index (χ1) is 11.3. The van der Waals surface area contributed by atoms with Crippen LogP contribution in [0.3, 0.4) is 0 Å². The van der Waals surface area contributed by atoms with Crippen LogP contribution in [0, 0.1) is 11.7 Å². The Balaban J connectivity index is 1.87. The average molecular weight is 351 g/mol. The Bertz CT molecular complexity index is 568. The molecule has 1 aliphatic heterocycles. The molecule has 1 unspecified atom stereocenters. The van der Waals surface area contributed by atoms with Gasteiger partial charge in [0.2, 0.25) is 6.41 Å². The number of piperidine rings is 1. The SMILES string of the molecule is CC(C)(C(=S)NCC(N)C1CCN(C=O)CC1)c1ccc(F)cc1. The third-order valence-electron chi connectivity index (χ3n) is 4.96. The van der Waals surface area contributed by atoms with Crippen molar-refractivity contribution in [2.75, 3.05) is 19.6 Å². The van der Waals surface area contributed by atoms with Crippen molar-refractivity contribution < 1.29 is 9.18 Å². The Morgan fingerprint density at radius 3 is 2.54 bits per heavy atom. The largest absolute Gasteiger partial charge is 0.377 e. The predicted molar refractivity (Wildman–Crippen MR) is 98.4 cm³/mol. The first kappa shape index (κ1) is 18.8. The number of likely N-dealkylation sites (tertiary alicyclic amines) is 1. The van der Waals surface area contributed by atoms with Crippen molar-refractivity contribution in [1.29, 1.82) is 0 Å². The molecular formula is C18H26FN3OS. The summed E-state index contributed by atoms with van der Waals surface area (Å²) in [4.78, 5) is 13.3. The van der Waals surface area contributed by atoms with Crippen LogP contribution >= 0.6 is 12.2 Å². The fraction of sp³-hybridized carbons (Fsp3) is 0.556. The Labute approximate surface area is 148 Å². The lowest BCUT2D eigenvalue weighted by Crippen LogP contribution is -2.48. The van der Waals surface area contributed by atoms with Gasteiger partial charge in [0, 0.05) is 31.1 Å².